The second-order valence-corrected chi connectivity index (χ2v) is 9.58. The number of benzene rings is 3. The number of hydrogen-bond donors (Lipinski definition) is 2. The van der Waals surface area contributed by atoms with E-state index >= 15 is 0 Å². The average Bonchev–Trinajstić information content (AvgIpc) is 2.93. The van der Waals surface area contributed by atoms with Crippen LogP contribution >= 0.6 is 34.8 Å². The van der Waals surface area contributed by atoms with Crippen molar-refractivity contribution in [2.75, 3.05) is 30.5 Å². The highest BCUT2D eigenvalue weighted by atomic mass is 35.5. The summed E-state index contributed by atoms with van der Waals surface area (Å²) in [6, 6.07) is 13.0. The Labute approximate surface area is 249 Å². The highest BCUT2D eigenvalue weighted by Crippen LogP contribution is 2.38. The van der Waals surface area contributed by atoms with E-state index in [0.29, 0.717) is 17.0 Å². The lowest BCUT2D eigenvalue weighted by atomic mass is 10.1. The Bertz CT molecular complexity index is 1580. The number of halogens is 3. The minimum atomic E-state index is -0.946. The van der Waals surface area contributed by atoms with Crippen LogP contribution in [0.5, 0.6) is 17.2 Å². The van der Waals surface area contributed by atoms with Crippen molar-refractivity contribution in [3.63, 3.8) is 0 Å². The second kappa shape index (κ2) is 12.9. The number of ether oxygens (including phenoxy) is 3. The summed E-state index contributed by atoms with van der Waals surface area (Å²) in [5.41, 5.74) is 0.527. The van der Waals surface area contributed by atoms with E-state index in [1.807, 2.05) is 0 Å². The maximum atomic E-state index is 13.2. The van der Waals surface area contributed by atoms with E-state index in [1.165, 1.54) is 43.5 Å². The molecule has 0 radical (unpaired) electrons. The summed E-state index contributed by atoms with van der Waals surface area (Å²) in [4.78, 5) is 51.7. The molecule has 4 rings (SSSR count). The van der Waals surface area contributed by atoms with Gasteiger partial charge < -0.3 is 19.5 Å². The number of amides is 5. The number of para-hydroxylation sites is 2. The Morgan fingerprint density at radius 2 is 1.71 bits per heavy atom. The van der Waals surface area contributed by atoms with E-state index in [1.54, 1.807) is 31.2 Å². The molecule has 1 aliphatic heterocycles. The number of urea groups is 1. The molecule has 0 aromatic heterocycles. The van der Waals surface area contributed by atoms with Gasteiger partial charge >= 0.3 is 6.03 Å². The Morgan fingerprint density at radius 3 is 2.41 bits per heavy atom. The fourth-order valence-electron chi connectivity index (χ4n) is 3.83. The number of imide groups is 2. The zero-order valence-electron chi connectivity index (χ0n) is 21.6. The average molecular weight is 619 g/mol. The first-order valence-electron chi connectivity index (χ1n) is 12.0. The number of rotatable bonds is 9. The monoisotopic (exact) mass is 617 g/mol. The van der Waals surface area contributed by atoms with Gasteiger partial charge in [0.15, 0.2) is 18.1 Å². The first kappa shape index (κ1) is 29.7. The number of hydrogen-bond acceptors (Lipinski definition) is 7. The fraction of sp³-hybridized carbons (Fsp3) is 0.143. The summed E-state index contributed by atoms with van der Waals surface area (Å²) in [5.74, 6) is -1.54. The molecule has 1 fully saturated rings. The Balaban J connectivity index is 1.59. The van der Waals surface area contributed by atoms with Gasteiger partial charge in [0, 0.05) is 0 Å². The van der Waals surface area contributed by atoms with Crippen molar-refractivity contribution >= 4 is 76.0 Å². The molecule has 0 aliphatic carbocycles. The van der Waals surface area contributed by atoms with E-state index in [9.17, 15) is 19.2 Å². The number of carbonyl (C=O) groups excluding carboxylic acids is 4. The van der Waals surface area contributed by atoms with Crippen molar-refractivity contribution in [3.05, 3.63) is 80.8 Å². The molecule has 1 aliphatic rings. The van der Waals surface area contributed by atoms with Crippen LogP contribution in [0.2, 0.25) is 15.1 Å². The van der Waals surface area contributed by atoms with Crippen molar-refractivity contribution in [3.8, 4) is 17.2 Å². The van der Waals surface area contributed by atoms with Crippen molar-refractivity contribution < 1.29 is 33.4 Å². The van der Waals surface area contributed by atoms with Crippen LogP contribution in [-0.4, -0.2) is 44.1 Å². The van der Waals surface area contributed by atoms with Crippen molar-refractivity contribution in [2.45, 2.75) is 6.92 Å². The lowest BCUT2D eigenvalue weighted by molar-refractivity contribution is -0.122. The number of methoxy groups -OCH3 is 1. The van der Waals surface area contributed by atoms with E-state index in [2.05, 4.69) is 10.6 Å². The molecular formula is C28H22Cl3N3O7. The van der Waals surface area contributed by atoms with E-state index in [-0.39, 0.29) is 44.4 Å². The van der Waals surface area contributed by atoms with Gasteiger partial charge in [0.25, 0.3) is 17.7 Å². The number of barbiturate groups is 1. The Kier molecular flexibility index (Phi) is 9.38. The molecule has 3 aromatic carbocycles. The molecule has 0 bridgehead atoms. The van der Waals surface area contributed by atoms with Crippen LogP contribution < -0.4 is 29.7 Å². The number of carbonyl (C=O) groups is 4. The van der Waals surface area contributed by atoms with Gasteiger partial charge in [0.1, 0.15) is 11.3 Å². The molecule has 0 spiro atoms. The van der Waals surface area contributed by atoms with Gasteiger partial charge in [0.2, 0.25) is 0 Å². The Morgan fingerprint density at radius 1 is 0.951 bits per heavy atom. The van der Waals surface area contributed by atoms with Crippen LogP contribution in [-0.2, 0) is 14.4 Å². The molecule has 0 atom stereocenters. The summed E-state index contributed by atoms with van der Waals surface area (Å²) >= 11 is 18.5. The van der Waals surface area contributed by atoms with E-state index in [0.717, 1.165) is 4.90 Å². The van der Waals surface area contributed by atoms with Crippen LogP contribution in [0.3, 0.4) is 0 Å². The predicted molar refractivity (Wildman–Crippen MR) is 155 cm³/mol. The van der Waals surface area contributed by atoms with Crippen LogP contribution in [0.4, 0.5) is 16.2 Å². The molecule has 5 amide bonds. The van der Waals surface area contributed by atoms with E-state index < -0.39 is 30.4 Å². The molecule has 2 N–H and O–H groups in total. The molecule has 212 valence electrons. The van der Waals surface area contributed by atoms with Gasteiger partial charge in [0.05, 0.1) is 40.2 Å². The summed E-state index contributed by atoms with van der Waals surface area (Å²) < 4.78 is 16.6. The summed E-state index contributed by atoms with van der Waals surface area (Å²) in [5, 5.41) is 5.22. The summed E-state index contributed by atoms with van der Waals surface area (Å²) in [7, 11) is 1.49. The van der Waals surface area contributed by atoms with Crippen molar-refractivity contribution in [1.82, 2.24) is 5.32 Å². The Hall–Kier alpha value is -4.25. The molecule has 3 aromatic rings. The molecule has 1 heterocycles. The zero-order chi connectivity index (χ0) is 29.7. The SMILES string of the molecule is CCOc1cc(/C=C2/C(=O)NC(=O)N(c3ccc(Cl)c(Cl)c3)C2=O)cc(Cl)c1OCC(=O)Nc1ccccc1OC. The zero-order valence-corrected chi connectivity index (χ0v) is 23.9. The smallest absolute Gasteiger partial charge is 0.335 e. The summed E-state index contributed by atoms with van der Waals surface area (Å²) in [6.07, 6.45) is 1.25. The number of nitrogens with one attached hydrogen (secondary N) is 2. The van der Waals surface area contributed by atoms with E-state index in [4.69, 9.17) is 49.0 Å². The third kappa shape index (κ3) is 6.74. The highest BCUT2D eigenvalue weighted by Gasteiger charge is 2.37. The van der Waals surface area contributed by atoms with Gasteiger partial charge in [-0.15, -0.1) is 0 Å². The van der Waals surface area contributed by atoms with Gasteiger partial charge in [-0.1, -0.05) is 46.9 Å². The van der Waals surface area contributed by atoms with Crippen molar-refractivity contribution in [1.29, 1.82) is 0 Å². The van der Waals surface area contributed by atoms with Crippen molar-refractivity contribution in [2.24, 2.45) is 0 Å². The highest BCUT2D eigenvalue weighted by molar-refractivity contribution is 6.43. The first-order valence-corrected chi connectivity index (χ1v) is 13.1. The lowest BCUT2D eigenvalue weighted by Crippen LogP contribution is -2.54. The second-order valence-electron chi connectivity index (χ2n) is 8.36. The first-order chi connectivity index (χ1) is 19.6. The van der Waals surface area contributed by atoms with Gasteiger partial charge in [-0.3, -0.25) is 19.7 Å². The predicted octanol–water partition coefficient (Wildman–Crippen LogP) is 5.74. The number of anilines is 2. The molecule has 1 saturated heterocycles. The minimum Gasteiger partial charge on any atom is -0.495 e. The van der Waals surface area contributed by atoms with Gasteiger partial charge in [-0.2, -0.15) is 0 Å². The van der Waals surface area contributed by atoms with Crippen LogP contribution in [0.25, 0.3) is 6.08 Å². The van der Waals surface area contributed by atoms with Crippen LogP contribution in [0.1, 0.15) is 12.5 Å². The quantitative estimate of drug-likeness (QED) is 0.232. The third-order valence-electron chi connectivity index (χ3n) is 5.63. The lowest BCUT2D eigenvalue weighted by Gasteiger charge is -2.26. The maximum absolute atomic E-state index is 13.2. The van der Waals surface area contributed by atoms with Crippen LogP contribution in [0, 0.1) is 0 Å². The third-order valence-corrected chi connectivity index (χ3v) is 6.65. The molecule has 13 heteroatoms. The maximum Gasteiger partial charge on any atom is 0.335 e. The topological polar surface area (TPSA) is 123 Å². The largest absolute Gasteiger partial charge is 0.495 e. The normalized spacial score (nSPS) is 14.1. The number of nitrogens with zero attached hydrogens (tertiary/aromatic N) is 1. The molecular weight excluding hydrogens is 597 g/mol. The minimum absolute atomic E-state index is 0.0500. The summed E-state index contributed by atoms with van der Waals surface area (Å²) in [6.45, 7) is 1.55. The standard InChI is InChI=1S/C28H22Cl3N3O7/c1-3-40-23-12-15(11-20(31)25(23)41-14-24(35)32-21-6-4-5-7-22(21)39-2)10-17-26(36)33-28(38)34(27(17)37)16-8-9-18(29)19(30)13-16/h4-13H,3,14H2,1-2H3,(H,32,35)(H,33,36,38)/b17-10-. The molecule has 10 nitrogen and oxygen atoms in total. The molecule has 0 saturated carbocycles. The fourth-order valence-corrected chi connectivity index (χ4v) is 4.39. The van der Waals surface area contributed by atoms with Gasteiger partial charge in [-0.25, -0.2) is 9.69 Å². The molecule has 41 heavy (non-hydrogen) atoms. The van der Waals surface area contributed by atoms with Crippen LogP contribution in [0.15, 0.2) is 60.2 Å². The molecule has 0 unspecified atom stereocenters. The van der Waals surface area contributed by atoms with Gasteiger partial charge in [-0.05, 0) is 61.0 Å².